The van der Waals surface area contributed by atoms with Crippen LogP contribution >= 0.6 is 0 Å². The second-order valence-electron chi connectivity index (χ2n) is 5.07. The van der Waals surface area contributed by atoms with E-state index in [0.717, 1.165) is 11.8 Å². The summed E-state index contributed by atoms with van der Waals surface area (Å²) in [5.41, 5.74) is 0. The SMILES string of the molecule is CN(C)C[C@@H]1CC[C@@H](CN(C)C)C1. The van der Waals surface area contributed by atoms with Crippen LogP contribution in [-0.2, 0) is 0 Å². The van der Waals surface area contributed by atoms with Gasteiger partial charge in [-0.2, -0.15) is 0 Å². The summed E-state index contributed by atoms with van der Waals surface area (Å²) in [6, 6.07) is 0. The molecule has 0 spiro atoms. The average Bonchev–Trinajstić information content (AvgIpc) is 2.33. The van der Waals surface area contributed by atoms with Crippen LogP contribution in [0.15, 0.2) is 0 Å². The Morgan fingerprint density at radius 3 is 1.54 bits per heavy atom. The summed E-state index contributed by atoms with van der Waals surface area (Å²) < 4.78 is 0. The highest BCUT2D eigenvalue weighted by molar-refractivity contribution is 4.78. The topological polar surface area (TPSA) is 6.48 Å². The highest BCUT2D eigenvalue weighted by atomic mass is 15.1. The van der Waals surface area contributed by atoms with Gasteiger partial charge in [-0.05, 0) is 59.3 Å². The van der Waals surface area contributed by atoms with Crippen molar-refractivity contribution in [1.29, 1.82) is 0 Å². The average molecular weight is 184 g/mol. The molecule has 0 N–H and O–H groups in total. The van der Waals surface area contributed by atoms with E-state index < -0.39 is 0 Å². The van der Waals surface area contributed by atoms with Gasteiger partial charge in [0, 0.05) is 13.1 Å². The highest BCUT2D eigenvalue weighted by Gasteiger charge is 2.24. The molecule has 0 aromatic rings. The molecule has 0 saturated heterocycles. The Bertz CT molecular complexity index is 127. The van der Waals surface area contributed by atoms with Crippen molar-refractivity contribution in [2.75, 3.05) is 41.3 Å². The van der Waals surface area contributed by atoms with E-state index >= 15 is 0 Å². The van der Waals surface area contributed by atoms with Crippen LogP contribution < -0.4 is 0 Å². The maximum Gasteiger partial charge on any atom is 0.000367 e. The molecule has 13 heavy (non-hydrogen) atoms. The Morgan fingerprint density at radius 2 is 1.23 bits per heavy atom. The molecule has 2 atom stereocenters. The zero-order chi connectivity index (χ0) is 9.84. The summed E-state index contributed by atoms with van der Waals surface area (Å²) in [7, 11) is 8.72. The quantitative estimate of drug-likeness (QED) is 0.654. The standard InChI is InChI=1S/C11H24N2/c1-12(2)8-10-5-6-11(7-10)9-13(3)4/h10-11H,5-9H2,1-4H3/t10-,11-/m1/s1. The van der Waals surface area contributed by atoms with E-state index in [4.69, 9.17) is 0 Å². The molecule has 0 aromatic heterocycles. The normalized spacial score (nSPS) is 29.1. The van der Waals surface area contributed by atoms with Crippen molar-refractivity contribution in [2.45, 2.75) is 19.3 Å². The maximum absolute atomic E-state index is 2.32. The third-order valence-corrected chi connectivity index (χ3v) is 2.90. The fourth-order valence-corrected chi connectivity index (χ4v) is 2.54. The molecule has 1 aliphatic carbocycles. The van der Waals surface area contributed by atoms with E-state index in [1.807, 2.05) is 0 Å². The first-order valence-corrected chi connectivity index (χ1v) is 5.37. The zero-order valence-electron chi connectivity index (χ0n) is 9.58. The largest absolute Gasteiger partial charge is 0.309 e. The Labute approximate surface area is 82.9 Å². The van der Waals surface area contributed by atoms with Crippen molar-refractivity contribution >= 4 is 0 Å². The predicted octanol–water partition coefficient (Wildman–Crippen LogP) is 1.53. The smallest absolute Gasteiger partial charge is 0.000367 e. The van der Waals surface area contributed by atoms with Gasteiger partial charge in [0.1, 0.15) is 0 Å². The molecule has 1 fully saturated rings. The first-order chi connectivity index (χ1) is 6.08. The molecule has 0 bridgehead atoms. The van der Waals surface area contributed by atoms with E-state index in [1.165, 1.54) is 32.4 Å². The molecular formula is C11H24N2. The molecule has 1 aliphatic rings. The van der Waals surface area contributed by atoms with Gasteiger partial charge in [0.15, 0.2) is 0 Å². The second kappa shape index (κ2) is 4.97. The van der Waals surface area contributed by atoms with Gasteiger partial charge in [0.05, 0.1) is 0 Å². The van der Waals surface area contributed by atoms with Crippen molar-refractivity contribution in [1.82, 2.24) is 9.80 Å². The van der Waals surface area contributed by atoms with Gasteiger partial charge in [0.2, 0.25) is 0 Å². The summed E-state index contributed by atoms with van der Waals surface area (Å²) in [5.74, 6) is 1.92. The zero-order valence-corrected chi connectivity index (χ0v) is 9.58. The van der Waals surface area contributed by atoms with Crippen molar-refractivity contribution in [3.05, 3.63) is 0 Å². The molecule has 78 valence electrons. The fourth-order valence-electron chi connectivity index (χ4n) is 2.54. The number of rotatable bonds is 4. The first kappa shape index (κ1) is 11.0. The van der Waals surface area contributed by atoms with Gasteiger partial charge in [-0.1, -0.05) is 0 Å². The lowest BCUT2D eigenvalue weighted by Gasteiger charge is -2.18. The van der Waals surface area contributed by atoms with E-state index in [1.54, 1.807) is 0 Å². The number of hydrogen-bond donors (Lipinski definition) is 0. The molecule has 1 rings (SSSR count). The molecule has 2 nitrogen and oxygen atoms in total. The molecule has 0 aromatic carbocycles. The van der Waals surface area contributed by atoms with Gasteiger partial charge in [-0.15, -0.1) is 0 Å². The summed E-state index contributed by atoms with van der Waals surface area (Å²) in [4.78, 5) is 4.64. The number of nitrogens with zero attached hydrogens (tertiary/aromatic N) is 2. The molecule has 2 heteroatoms. The van der Waals surface area contributed by atoms with Gasteiger partial charge in [-0.25, -0.2) is 0 Å². The fraction of sp³-hybridized carbons (Fsp3) is 1.00. The molecule has 0 unspecified atom stereocenters. The van der Waals surface area contributed by atoms with Crippen LogP contribution in [0.5, 0.6) is 0 Å². The summed E-state index contributed by atoms with van der Waals surface area (Å²) in [6.45, 7) is 2.56. The molecule has 0 radical (unpaired) electrons. The molecule has 0 heterocycles. The van der Waals surface area contributed by atoms with Crippen LogP contribution in [0, 0.1) is 11.8 Å². The Kier molecular flexibility index (Phi) is 4.20. The highest BCUT2D eigenvalue weighted by Crippen LogP contribution is 2.31. The lowest BCUT2D eigenvalue weighted by Crippen LogP contribution is -2.22. The van der Waals surface area contributed by atoms with Crippen molar-refractivity contribution < 1.29 is 0 Å². The van der Waals surface area contributed by atoms with Crippen LogP contribution in [0.3, 0.4) is 0 Å². The molecule has 0 aliphatic heterocycles. The van der Waals surface area contributed by atoms with Crippen molar-refractivity contribution in [3.8, 4) is 0 Å². The summed E-state index contributed by atoms with van der Waals surface area (Å²) in [6.07, 6.45) is 4.32. The van der Waals surface area contributed by atoms with Crippen LogP contribution in [0.2, 0.25) is 0 Å². The molecule has 1 saturated carbocycles. The maximum atomic E-state index is 2.32. The second-order valence-corrected chi connectivity index (χ2v) is 5.07. The monoisotopic (exact) mass is 184 g/mol. The van der Waals surface area contributed by atoms with Gasteiger partial charge in [-0.3, -0.25) is 0 Å². The Balaban J connectivity index is 2.20. The minimum Gasteiger partial charge on any atom is -0.309 e. The van der Waals surface area contributed by atoms with Crippen molar-refractivity contribution in [2.24, 2.45) is 11.8 Å². The molecule has 0 amide bonds. The minimum absolute atomic E-state index is 0.958. The van der Waals surface area contributed by atoms with Crippen LogP contribution in [0.4, 0.5) is 0 Å². The molecular weight excluding hydrogens is 160 g/mol. The minimum atomic E-state index is 0.958. The summed E-state index contributed by atoms with van der Waals surface area (Å²) in [5, 5.41) is 0. The van der Waals surface area contributed by atoms with E-state index in [0.29, 0.717) is 0 Å². The Morgan fingerprint density at radius 1 is 0.846 bits per heavy atom. The van der Waals surface area contributed by atoms with Crippen LogP contribution in [-0.4, -0.2) is 51.1 Å². The van der Waals surface area contributed by atoms with E-state index in [-0.39, 0.29) is 0 Å². The van der Waals surface area contributed by atoms with Gasteiger partial charge < -0.3 is 9.80 Å². The third kappa shape index (κ3) is 4.10. The first-order valence-electron chi connectivity index (χ1n) is 5.37. The van der Waals surface area contributed by atoms with Gasteiger partial charge in [0.25, 0.3) is 0 Å². The lowest BCUT2D eigenvalue weighted by atomic mass is 10.0. The predicted molar refractivity (Wildman–Crippen MR) is 57.9 cm³/mol. The van der Waals surface area contributed by atoms with E-state index in [9.17, 15) is 0 Å². The van der Waals surface area contributed by atoms with Gasteiger partial charge >= 0.3 is 0 Å². The summed E-state index contributed by atoms with van der Waals surface area (Å²) >= 11 is 0. The van der Waals surface area contributed by atoms with Crippen LogP contribution in [0.1, 0.15) is 19.3 Å². The van der Waals surface area contributed by atoms with E-state index in [2.05, 4.69) is 38.0 Å². The Hall–Kier alpha value is -0.0800. The third-order valence-electron chi connectivity index (χ3n) is 2.90. The van der Waals surface area contributed by atoms with Crippen LogP contribution in [0.25, 0.3) is 0 Å². The number of hydrogen-bond acceptors (Lipinski definition) is 2. The lowest BCUT2D eigenvalue weighted by molar-refractivity contribution is 0.297. The van der Waals surface area contributed by atoms with Crippen molar-refractivity contribution in [3.63, 3.8) is 0 Å².